The van der Waals surface area contributed by atoms with Gasteiger partial charge in [-0.15, -0.1) is 0 Å². The zero-order chi connectivity index (χ0) is 14.2. The molecule has 1 atom stereocenters. The van der Waals surface area contributed by atoms with E-state index in [9.17, 15) is 4.79 Å². The van der Waals surface area contributed by atoms with E-state index in [0.29, 0.717) is 0 Å². The Balaban J connectivity index is 1.46. The van der Waals surface area contributed by atoms with Gasteiger partial charge in [0.1, 0.15) is 0 Å². The Morgan fingerprint density at radius 3 is 3.10 bits per heavy atom. The first kappa shape index (κ1) is 12.8. The van der Waals surface area contributed by atoms with Crippen LogP contribution in [0.4, 0.5) is 4.79 Å². The van der Waals surface area contributed by atoms with Gasteiger partial charge in [0.2, 0.25) is 0 Å². The fourth-order valence-corrected chi connectivity index (χ4v) is 3.12. The van der Waals surface area contributed by atoms with E-state index in [0.717, 1.165) is 40.4 Å². The Morgan fingerprint density at radius 2 is 2.33 bits per heavy atom. The van der Waals surface area contributed by atoms with Gasteiger partial charge < -0.3 is 5.32 Å². The molecule has 0 aromatic carbocycles. The second kappa shape index (κ2) is 5.14. The van der Waals surface area contributed by atoms with Crippen LogP contribution in [-0.2, 0) is 0 Å². The third-order valence-electron chi connectivity index (χ3n) is 3.76. The quantitative estimate of drug-likeness (QED) is 0.828. The van der Waals surface area contributed by atoms with Crippen molar-refractivity contribution in [2.45, 2.75) is 18.9 Å². The van der Waals surface area contributed by atoms with E-state index < -0.39 is 0 Å². The van der Waals surface area contributed by atoms with Crippen LogP contribution < -0.4 is 10.7 Å². The first-order valence-corrected chi connectivity index (χ1v) is 8.06. The number of nitrogens with one attached hydrogen (secondary N) is 2. The predicted molar refractivity (Wildman–Crippen MR) is 85.0 cm³/mol. The predicted octanol–water partition coefficient (Wildman–Crippen LogP) is 1.47. The summed E-state index contributed by atoms with van der Waals surface area (Å²) >= 11 is 1.67. The summed E-state index contributed by atoms with van der Waals surface area (Å²) < 4.78 is 0. The summed E-state index contributed by atoms with van der Waals surface area (Å²) in [5, 5.41) is 8.07. The third-order valence-corrected chi connectivity index (χ3v) is 4.67. The summed E-state index contributed by atoms with van der Waals surface area (Å²) in [6, 6.07) is -0.355. The van der Waals surface area contributed by atoms with Crippen molar-refractivity contribution in [3.63, 3.8) is 0 Å². The number of hydrazone groups is 1. The SMILES string of the molecule is O=C1N=C2C=C(C3=NNC(=NCC4CC4)SC3)C=CC2N1. The Hall–Kier alpha value is -1.89. The zero-order valence-electron chi connectivity index (χ0n) is 11.4. The topological polar surface area (TPSA) is 78.2 Å². The lowest BCUT2D eigenvalue weighted by molar-refractivity contribution is 0.251. The lowest BCUT2D eigenvalue weighted by atomic mass is 9.99. The van der Waals surface area contributed by atoms with Gasteiger partial charge in [0.25, 0.3) is 0 Å². The van der Waals surface area contributed by atoms with E-state index in [4.69, 9.17) is 0 Å². The molecular weight excluding hydrogens is 286 g/mol. The van der Waals surface area contributed by atoms with Gasteiger partial charge in [-0.3, -0.25) is 10.4 Å². The molecule has 0 radical (unpaired) electrons. The van der Waals surface area contributed by atoms with Crippen molar-refractivity contribution in [2.24, 2.45) is 21.0 Å². The van der Waals surface area contributed by atoms with Crippen LogP contribution in [0.25, 0.3) is 0 Å². The largest absolute Gasteiger partial charge is 0.342 e. The van der Waals surface area contributed by atoms with Crippen molar-refractivity contribution in [1.29, 1.82) is 0 Å². The van der Waals surface area contributed by atoms with Crippen molar-refractivity contribution in [3.05, 3.63) is 23.8 Å². The van der Waals surface area contributed by atoms with E-state index >= 15 is 0 Å². The van der Waals surface area contributed by atoms with Crippen molar-refractivity contribution in [3.8, 4) is 0 Å². The minimum absolute atomic E-state index is 0.0817. The Morgan fingerprint density at radius 1 is 1.43 bits per heavy atom. The number of carbonyl (C=O) groups is 1. The molecule has 0 saturated heterocycles. The van der Waals surface area contributed by atoms with Gasteiger partial charge in [-0.2, -0.15) is 10.1 Å². The summed E-state index contributed by atoms with van der Waals surface area (Å²) in [5.74, 6) is 1.57. The van der Waals surface area contributed by atoms with Crippen molar-refractivity contribution in [1.82, 2.24) is 10.7 Å². The number of thioether (sulfide) groups is 1. The zero-order valence-corrected chi connectivity index (χ0v) is 12.2. The smallest absolute Gasteiger partial charge is 0.324 e. The number of hydrogen-bond acceptors (Lipinski definition) is 4. The molecule has 0 bridgehead atoms. The van der Waals surface area contributed by atoms with E-state index in [1.54, 1.807) is 11.8 Å². The molecule has 1 unspecified atom stereocenters. The highest BCUT2D eigenvalue weighted by atomic mass is 32.2. The van der Waals surface area contributed by atoms with Crippen LogP contribution in [0.2, 0.25) is 0 Å². The van der Waals surface area contributed by atoms with Crippen LogP contribution >= 0.6 is 11.8 Å². The van der Waals surface area contributed by atoms with Crippen LogP contribution in [-0.4, -0.2) is 41.0 Å². The molecule has 4 rings (SSSR count). The first-order valence-electron chi connectivity index (χ1n) is 7.07. The molecule has 108 valence electrons. The minimum atomic E-state index is -0.273. The van der Waals surface area contributed by atoms with Gasteiger partial charge in [-0.1, -0.05) is 23.9 Å². The van der Waals surface area contributed by atoms with E-state index in [-0.39, 0.29) is 12.1 Å². The molecule has 2 aliphatic heterocycles. The molecule has 2 heterocycles. The maximum absolute atomic E-state index is 11.2. The number of rotatable bonds is 3. The summed E-state index contributed by atoms with van der Waals surface area (Å²) in [5.41, 5.74) is 5.75. The second-order valence-corrected chi connectivity index (χ2v) is 6.43. The summed E-state index contributed by atoms with van der Waals surface area (Å²) in [6.07, 6.45) is 8.48. The fourth-order valence-electron chi connectivity index (χ4n) is 2.34. The van der Waals surface area contributed by atoms with Gasteiger partial charge in [-0.25, -0.2) is 4.79 Å². The molecule has 2 amide bonds. The maximum atomic E-state index is 11.2. The number of nitrogens with zero attached hydrogens (tertiary/aromatic N) is 3. The number of urea groups is 1. The normalized spacial score (nSPS) is 29.3. The van der Waals surface area contributed by atoms with Crippen LogP contribution in [0, 0.1) is 5.92 Å². The number of hydrogen-bond donors (Lipinski definition) is 2. The molecule has 0 spiro atoms. The molecular formula is C14H15N5OS. The summed E-state index contributed by atoms with van der Waals surface area (Å²) in [7, 11) is 0. The Labute approximate surface area is 126 Å². The Kier molecular flexibility index (Phi) is 3.14. The molecule has 21 heavy (non-hydrogen) atoms. The van der Waals surface area contributed by atoms with E-state index in [1.165, 1.54) is 12.8 Å². The number of aliphatic imine (C=N–C) groups is 2. The van der Waals surface area contributed by atoms with E-state index in [2.05, 4.69) is 25.8 Å². The third kappa shape index (κ3) is 2.78. The molecule has 0 aromatic rings. The average molecular weight is 301 g/mol. The fraction of sp³-hybridized carbons (Fsp3) is 0.429. The molecule has 2 N–H and O–H groups in total. The lowest BCUT2D eigenvalue weighted by Crippen LogP contribution is -2.32. The standard InChI is InChI=1S/C14H15N5OS/c20-13-16-10-4-3-9(5-11(10)17-13)12-7-21-14(19-18-12)15-6-8-1-2-8/h3-5,8,10H,1-2,6-7H2,(H,15,19)(H,16,20). The number of carbonyl (C=O) groups excluding carboxylic acids is 1. The molecule has 1 saturated carbocycles. The molecule has 1 fully saturated rings. The second-order valence-electron chi connectivity index (χ2n) is 5.47. The number of allylic oxidation sites excluding steroid dienone is 2. The van der Waals surface area contributed by atoms with E-state index in [1.807, 2.05) is 18.2 Å². The van der Waals surface area contributed by atoms with Gasteiger partial charge in [0.05, 0.1) is 17.5 Å². The van der Waals surface area contributed by atoms with Crippen molar-refractivity contribution < 1.29 is 4.79 Å². The van der Waals surface area contributed by atoms with Gasteiger partial charge in [0, 0.05) is 17.9 Å². The molecule has 7 heteroatoms. The molecule has 0 aromatic heterocycles. The average Bonchev–Trinajstić information content (AvgIpc) is 3.25. The van der Waals surface area contributed by atoms with Crippen LogP contribution in [0.5, 0.6) is 0 Å². The highest BCUT2D eigenvalue weighted by molar-refractivity contribution is 8.14. The highest BCUT2D eigenvalue weighted by Gasteiger charge is 2.26. The highest BCUT2D eigenvalue weighted by Crippen LogP contribution is 2.29. The Bertz CT molecular complexity index is 642. The summed E-state index contributed by atoms with van der Waals surface area (Å²) in [4.78, 5) is 19.7. The number of fused-ring (bicyclic) bond motifs is 1. The van der Waals surface area contributed by atoms with Gasteiger partial charge in [-0.05, 0) is 24.8 Å². The van der Waals surface area contributed by atoms with Crippen LogP contribution in [0.3, 0.4) is 0 Å². The van der Waals surface area contributed by atoms with Crippen LogP contribution in [0.1, 0.15) is 12.8 Å². The molecule has 6 nitrogen and oxygen atoms in total. The number of amidine groups is 1. The lowest BCUT2D eigenvalue weighted by Gasteiger charge is -2.18. The first-order chi connectivity index (χ1) is 10.3. The monoisotopic (exact) mass is 301 g/mol. The van der Waals surface area contributed by atoms with Crippen LogP contribution in [0.15, 0.2) is 38.9 Å². The van der Waals surface area contributed by atoms with Gasteiger partial charge in [0.15, 0.2) is 5.17 Å². The molecule has 4 aliphatic rings. The molecule has 2 aliphatic carbocycles. The minimum Gasteiger partial charge on any atom is -0.324 e. The maximum Gasteiger partial charge on any atom is 0.342 e. The number of amides is 2. The summed E-state index contributed by atoms with van der Waals surface area (Å²) in [6.45, 7) is 0.912. The van der Waals surface area contributed by atoms with Crippen molar-refractivity contribution in [2.75, 3.05) is 12.3 Å². The van der Waals surface area contributed by atoms with Gasteiger partial charge >= 0.3 is 6.03 Å². The van der Waals surface area contributed by atoms with Crippen molar-refractivity contribution >= 4 is 34.4 Å².